The third-order valence-corrected chi connectivity index (χ3v) is 2.48. The second-order valence-corrected chi connectivity index (χ2v) is 3.36. The molecule has 1 aromatic carbocycles. The summed E-state index contributed by atoms with van der Waals surface area (Å²) in [7, 11) is 0. The maximum Gasteiger partial charge on any atom is 0.426 e. The summed E-state index contributed by atoms with van der Waals surface area (Å²) in [6.45, 7) is 8.56. The molecule has 0 spiro atoms. The van der Waals surface area contributed by atoms with Crippen molar-refractivity contribution < 1.29 is 4.74 Å². The Hall–Kier alpha value is -1.76. The maximum absolute atomic E-state index is 8.82. The minimum atomic E-state index is 0.470. The summed E-state index contributed by atoms with van der Waals surface area (Å²) < 4.78 is 5.43. The van der Waals surface area contributed by atoms with E-state index in [4.69, 9.17) is 10.1 Å². The first-order valence-corrected chi connectivity index (χ1v) is 5.63. The Morgan fingerprint density at radius 3 is 2.44 bits per heavy atom. The van der Waals surface area contributed by atoms with Gasteiger partial charge in [0, 0.05) is 30.9 Å². The van der Waals surface area contributed by atoms with Gasteiger partial charge in [0.1, 0.15) is 0 Å². The number of benzene rings is 1. The minimum Gasteiger partial charge on any atom is -0.486 e. The molecule has 86 valence electrons. The van der Waals surface area contributed by atoms with Crippen molar-refractivity contribution in [3.63, 3.8) is 0 Å². The van der Waals surface area contributed by atoms with Gasteiger partial charge in [0.25, 0.3) is 0 Å². The second kappa shape index (κ2) is 5.96. The van der Waals surface area contributed by atoms with Crippen LogP contribution in [-0.2, 0) is 0 Å². The van der Waals surface area contributed by atoms with E-state index in [2.05, 4.69) is 23.7 Å². The quantitative estimate of drug-likeness (QED) is 0.714. The molecule has 0 aliphatic carbocycles. The van der Waals surface area contributed by atoms with Gasteiger partial charge in [0.2, 0.25) is 11.1 Å². The fraction of sp³-hybridized carbons (Fsp3) is 0.500. The van der Waals surface area contributed by atoms with Crippen LogP contribution in [0.5, 0.6) is 5.75 Å². The molecular weight excluding hydrogens is 202 g/mol. The van der Waals surface area contributed by atoms with Crippen molar-refractivity contribution in [3.8, 4) is 5.75 Å². The Balaban J connectivity index is 3.06. The molecule has 0 heterocycles. The van der Waals surface area contributed by atoms with Gasteiger partial charge in [0.15, 0.2) is 4.98 Å². The molecule has 0 fully saturated rings. The molecule has 0 radical (unpaired) electrons. The predicted molar refractivity (Wildman–Crippen MR) is 65.9 cm³/mol. The summed E-state index contributed by atoms with van der Waals surface area (Å²) in [6, 6.07) is 5.61. The van der Waals surface area contributed by atoms with Gasteiger partial charge in [0.05, 0.1) is 6.61 Å². The van der Waals surface area contributed by atoms with Crippen molar-refractivity contribution in [2.24, 2.45) is 0 Å². The average Bonchev–Trinajstić information content (AvgIpc) is 2.31. The van der Waals surface area contributed by atoms with Crippen molar-refractivity contribution >= 4 is 11.4 Å². The minimum absolute atomic E-state index is 0.470. The number of hydrogen-bond donors (Lipinski definition) is 0. The van der Waals surface area contributed by atoms with E-state index in [-0.39, 0.29) is 0 Å². The van der Waals surface area contributed by atoms with E-state index in [1.54, 1.807) is 6.07 Å². The summed E-state index contributed by atoms with van der Waals surface area (Å²) in [5, 5.41) is 8.82. The summed E-state index contributed by atoms with van der Waals surface area (Å²) in [5.41, 5.74) is 1.55. The molecule has 0 aromatic heterocycles. The van der Waals surface area contributed by atoms with Crippen LogP contribution in [0.15, 0.2) is 18.2 Å². The molecule has 0 saturated heterocycles. The predicted octanol–water partition coefficient (Wildman–Crippen LogP) is 3.42. The molecule has 4 heteroatoms. The molecule has 0 saturated carbocycles. The van der Waals surface area contributed by atoms with Gasteiger partial charge >= 0.3 is 5.69 Å². The fourth-order valence-corrected chi connectivity index (χ4v) is 1.64. The van der Waals surface area contributed by atoms with Crippen LogP contribution < -0.4 is 9.64 Å². The Morgan fingerprint density at radius 2 is 1.94 bits per heavy atom. The summed E-state index contributed by atoms with van der Waals surface area (Å²) in [6.07, 6.45) is 0. The molecule has 1 aromatic rings. The highest BCUT2D eigenvalue weighted by molar-refractivity contribution is 5.64. The summed E-state index contributed by atoms with van der Waals surface area (Å²) >= 11 is 0. The van der Waals surface area contributed by atoms with Crippen LogP contribution in [0.4, 0.5) is 11.4 Å². The molecule has 0 bridgehead atoms. The van der Waals surface area contributed by atoms with Gasteiger partial charge in [-0.3, -0.25) is 0 Å². The van der Waals surface area contributed by atoms with Crippen molar-refractivity contribution in [1.29, 1.82) is 5.39 Å². The van der Waals surface area contributed by atoms with Gasteiger partial charge < -0.3 is 9.64 Å². The molecule has 0 amide bonds. The van der Waals surface area contributed by atoms with Crippen LogP contribution in [-0.4, -0.2) is 19.7 Å². The highest BCUT2D eigenvalue weighted by Crippen LogP contribution is 2.32. The highest BCUT2D eigenvalue weighted by Gasteiger charge is 2.16. The lowest BCUT2D eigenvalue weighted by atomic mass is 10.2. The zero-order chi connectivity index (χ0) is 12.0. The smallest absolute Gasteiger partial charge is 0.426 e. The lowest BCUT2D eigenvalue weighted by Gasteiger charge is -2.20. The van der Waals surface area contributed by atoms with Crippen LogP contribution in [0.3, 0.4) is 0 Å². The van der Waals surface area contributed by atoms with Crippen molar-refractivity contribution in [1.82, 2.24) is 0 Å². The number of diazo groups is 1. The van der Waals surface area contributed by atoms with E-state index in [0.29, 0.717) is 18.0 Å². The zero-order valence-corrected chi connectivity index (χ0v) is 10.1. The van der Waals surface area contributed by atoms with E-state index in [1.807, 2.05) is 19.1 Å². The summed E-state index contributed by atoms with van der Waals surface area (Å²) in [4.78, 5) is 5.41. The largest absolute Gasteiger partial charge is 0.486 e. The normalized spacial score (nSPS) is 9.62. The van der Waals surface area contributed by atoms with Gasteiger partial charge in [-0.25, -0.2) is 0 Å². The third kappa shape index (κ3) is 2.63. The molecule has 1 rings (SSSR count). The van der Waals surface area contributed by atoms with Crippen LogP contribution in [0, 0.1) is 5.39 Å². The second-order valence-electron chi connectivity index (χ2n) is 3.36. The highest BCUT2D eigenvalue weighted by atomic mass is 16.5. The SMILES string of the molecule is CCOc1cc(N(CC)CC)ccc1[N+]#N. The van der Waals surface area contributed by atoms with Crippen LogP contribution >= 0.6 is 0 Å². The van der Waals surface area contributed by atoms with Gasteiger partial charge in [-0.1, -0.05) is 0 Å². The van der Waals surface area contributed by atoms with Gasteiger partial charge in [-0.15, -0.1) is 0 Å². The van der Waals surface area contributed by atoms with E-state index in [9.17, 15) is 0 Å². The first-order chi connectivity index (χ1) is 7.76. The zero-order valence-electron chi connectivity index (χ0n) is 10.1. The van der Waals surface area contributed by atoms with Crippen LogP contribution in [0.2, 0.25) is 0 Å². The first-order valence-electron chi connectivity index (χ1n) is 5.63. The molecular formula is C12H18N3O+. The molecule has 0 N–H and O–H groups in total. The van der Waals surface area contributed by atoms with E-state index in [0.717, 1.165) is 18.8 Å². The molecule has 0 aliphatic heterocycles. The molecule has 0 aliphatic rings. The first kappa shape index (κ1) is 12.3. The third-order valence-electron chi connectivity index (χ3n) is 2.48. The topological polar surface area (TPSA) is 40.6 Å². The molecule has 16 heavy (non-hydrogen) atoms. The van der Waals surface area contributed by atoms with Crippen molar-refractivity contribution in [2.75, 3.05) is 24.6 Å². The van der Waals surface area contributed by atoms with E-state index >= 15 is 0 Å². The Kier molecular flexibility index (Phi) is 4.59. The van der Waals surface area contributed by atoms with Crippen LogP contribution in [0.25, 0.3) is 4.98 Å². The lowest BCUT2D eigenvalue weighted by Crippen LogP contribution is -2.21. The lowest BCUT2D eigenvalue weighted by molar-refractivity contribution is 0.342. The number of anilines is 1. The van der Waals surface area contributed by atoms with Crippen LogP contribution in [0.1, 0.15) is 20.8 Å². The Labute approximate surface area is 96.5 Å². The number of hydrogen-bond acceptors (Lipinski definition) is 3. The molecule has 4 nitrogen and oxygen atoms in total. The Bertz CT molecular complexity index is 380. The molecule has 0 unspecified atom stereocenters. The van der Waals surface area contributed by atoms with Crippen molar-refractivity contribution in [2.45, 2.75) is 20.8 Å². The number of nitrogens with zero attached hydrogens (tertiary/aromatic N) is 3. The van der Waals surface area contributed by atoms with Gasteiger partial charge in [-0.05, 0) is 26.8 Å². The molecule has 0 atom stereocenters. The maximum atomic E-state index is 8.82. The van der Waals surface area contributed by atoms with Gasteiger partial charge in [-0.2, -0.15) is 0 Å². The monoisotopic (exact) mass is 220 g/mol. The average molecular weight is 220 g/mol. The number of ether oxygens (including phenoxy) is 1. The summed E-state index contributed by atoms with van der Waals surface area (Å²) in [5.74, 6) is 0.620. The Morgan fingerprint density at radius 1 is 1.25 bits per heavy atom. The fourth-order valence-electron chi connectivity index (χ4n) is 1.64. The standard InChI is InChI=1S/C12H18N3O/c1-4-15(5-2)10-7-8-11(14-13)12(9-10)16-6-3/h7-9H,4-6H2,1-3H3/q+1. The number of rotatable bonds is 5. The van der Waals surface area contributed by atoms with E-state index < -0.39 is 0 Å². The van der Waals surface area contributed by atoms with Crippen molar-refractivity contribution in [3.05, 3.63) is 23.2 Å². The van der Waals surface area contributed by atoms with E-state index in [1.165, 1.54) is 0 Å².